The maximum atomic E-state index is 13.2. The van der Waals surface area contributed by atoms with Gasteiger partial charge in [0.2, 0.25) is 11.8 Å². The standard InChI is InChI=1S/C29H35N3O5/c33-25-20-37-29(24-11-3-1-4-12-24)31-32(25)19-21-14-16-23(17-15-21)27(22-9-6-7-10-22)28(36)30-18-8-2-5-13-26(34)35/h1,3-4,11-12,14-17,22,27H,2,5-10,13,18-20H2,(H,30,36)(H,34,35). The molecule has 8 nitrogen and oxygen atoms in total. The lowest BCUT2D eigenvalue weighted by Gasteiger charge is -2.25. The normalized spacial score (nSPS) is 16.7. The maximum Gasteiger partial charge on any atom is 0.303 e. The summed E-state index contributed by atoms with van der Waals surface area (Å²) < 4.78 is 5.53. The Labute approximate surface area is 217 Å². The van der Waals surface area contributed by atoms with E-state index >= 15 is 0 Å². The third kappa shape index (κ3) is 7.41. The molecule has 1 aliphatic carbocycles. The summed E-state index contributed by atoms with van der Waals surface area (Å²) in [4.78, 5) is 36.3. The molecule has 1 unspecified atom stereocenters. The molecule has 4 rings (SSSR count). The number of hydrogen-bond acceptors (Lipinski definition) is 5. The van der Waals surface area contributed by atoms with Gasteiger partial charge in [0.25, 0.3) is 5.91 Å². The molecule has 2 amide bonds. The van der Waals surface area contributed by atoms with Crippen molar-refractivity contribution in [3.8, 4) is 0 Å². The third-order valence-corrected chi connectivity index (χ3v) is 7.04. The molecule has 2 aromatic rings. The first-order chi connectivity index (χ1) is 18.0. The Morgan fingerprint density at radius 1 is 1.03 bits per heavy atom. The summed E-state index contributed by atoms with van der Waals surface area (Å²) in [5, 5.41) is 17.7. The van der Waals surface area contributed by atoms with Crippen LogP contribution >= 0.6 is 0 Å². The first-order valence-corrected chi connectivity index (χ1v) is 13.2. The molecule has 0 radical (unpaired) electrons. The van der Waals surface area contributed by atoms with Crippen molar-refractivity contribution >= 4 is 23.7 Å². The SMILES string of the molecule is O=C(O)CCCCCNC(=O)C(c1ccc(CN2N=C(c3ccccc3)OCC2=O)cc1)C1CCCC1. The number of carbonyl (C=O) groups excluding carboxylic acids is 2. The van der Waals surface area contributed by atoms with Gasteiger partial charge in [-0.3, -0.25) is 14.4 Å². The number of carbonyl (C=O) groups is 3. The molecule has 0 spiro atoms. The van der Waals surface area contributed by atoms with Gasteiger partial charge in [0, 0.05) is 18.5 Å². The fourth-order valence-corrected chi connectivity index (χ4v) is 5.08. The number of nitrogens with zero attached hydrogens (tertiary/aromatic N) is 2. The molecule has 2 N–H and O–H groups in total. The van der Waals surface area contributed by atoms with Crippen LogP contribution in [-0.2, 0) is 25.7 Å². The van der Waals surface area contributed by atoms with Gasteiger partial charge >= 0.3 is 5.97 Å². The number of unbranched alkanes of at least 4 members (excludes halogenated alkanes) is 2. The zero-order valence-corrected chi connectivity index (χ0v) is 21.1. The van der Waals surface area contributed by atoms with E-state index in [4.69, 9.17) is 9.84 Å². The van der Waals surface area contributed by atoms with E-state index in [1.807, 2.05) is 54.6 Å². The van der Waals surface area contributed by atoms with Gasteiger partial charge in [-0.15, -0.1) is 5.10 Å². The Balaban J connectivity index is 1.39. The molecule has 1 aliphatic heterocycles. The van der Waals surface area contributed by atoms with Crippen LogP contribution < -0.4 is 5.32 Å². The Bertz CT molecular complexity index is 1090. The van der Waals surface area contributed by atoms with Crippen molar-refractivity contribution in [1.82, 2.24) is 10.3 Å². The Hall–Kier alpha value is -3.68. The minimum atomic E-state index is -0.782. The minimum absolute atomic E-state index is 0.0401. The number of aliphatic carboxylic acids is 1. The number of carboxylic acids is 1. The summed E-state index contributed by atoms with van der Waals surface area (Å²) >= 11 is 0. The average Bonchev–Trinajstić information content (AvgIpc) is 3.43. The van der Waals surface area contributed by atoms with Crippen LogP contribution in [0.25, 0.3) is 0 Å². The van der Waals surface area contributed by atoms with Gasteiger partial charge in [-0.05, 0) is 54.9 Å². The van der Waals surface area contributed by atoms with E-state index in [2.05, 4.69) is 10.4 Å². The second-order valence-electron chi connectivity index (χ2n) is 9.77. The maximum absolute atomic E-state index is 13.2. The molecule has 1 atom stereocenters. The van der Waals surface area contributed by atoms with Gasteiger partial charge in [0.05, 0.1) is 12.5 Å². The molecule has 0 aromatic heterocycles. The van der Waals surface area contributed by atoms with Gasteiger partial charge in [-0.1, -0.05) is 61.7 Å². The fraction of sp³-hybridized carbons (Fsp3) is 0.448. The number of ether oxygens (including phenoxy) is 1. The third-order valence-electron chi connectivity index (χ3n) is 7.04. The highest BCUT2D eigenvalue weighted by atomic mass is 16.5. The highest BCUT2D eigenvalue weighted by molar-refractivity contribution is 5.97. The lowest BCUT2D eigenvalue weighted by Crippen LogP contribution is -2.36. The number of carboxylic acid groups (broad SMARTS) is 1. The molecular weight excluding hydrogens is 470 g/mol. The van der Waals surface area contributed by atoms with Crippen molar-refractivity contribution in [2.45, 2.75) is 63.8 Å². The molecule has 1 fully saturated rings. The second kappa shape index (κ2) is 13.0. The van der Waals surface area contributed by atoms with Crippen LogP contribution in [0.2, 0.25) is 0 Å². The number of benzene rings is 2. The largest absolute Gasteiger partial charge is 0.481 e. The van der Waals surface area contributed by atoms with Gasteiger partial charge in [-0.25, -0.2) is 5.01 Å². The molecule has 1 saturated carbocycles. The Morgan fingerprint density at radius 3 is 2.46 bits per heavy atom. The van der Waals surface area contributed by atoms with Crippen molar-refractivity contribution in [3.63, 3.8) is 0 Å². The smallest absolute Gasteiger partial charge is 0.303 e. The number of amides is 2. The van der Waals surface area contributed by atoms with E-state index < -0.39 is 5.97 Å². The van der Waals surface area contributed by atoms with Crippen molar-refractivity contribution in [3.05, 3.63) is 71.3 Å². The van der Waals surface area contributed by atoms with Crippen molar-refractivity contribution in [2.75, 3.05) is 13.2 Å². The van der Waals surface area contributed by atoms with Crippen LogP contribution in [0.4, 0.5) is 0 Å². The number of rotatable bonds is 12. The zero-order valence-electron chi connectivity index (χ0n) is 21.1. The van der Waals surface area contributed by atoms with Crippen LogP contribution in [-0.4, -0.2) is 46.9 Å². The molecule has 1 heterocycles. The van der Waals surface area contributed by atoms with E-state index in [9.17, 15) is 14.4 Å². The lowest BCUT2D eigenvalue weighted by atomic mass is 9.83. The van der Waals surface area contributed by atoms with E-state index in [0.29, 0.717) is 31.3 Å². The molecule has 2 aromatic carbocycles. The van der Waals surface area contributed by atoms with Crippen LogP contribution in [0.15, 0.2) is 59.7 Å². The Kier molecular flexibility index (Phi) is 9.29. The van der Waals surface area contributed by atoms with E-state index in [0.717, 1.165) is 55.2 Å². The van der Waals surface area contributed by atoms with Gasteiger partial charge in [-0.2, -0.15) is 0 Å². The molecule has 8 heteroatoms. The van der Waals surface area contributed by atoms with Crippen LogP contribution in [0, 0.1) is 5.92 Å². The fourth-order valence-electron chi connectivity index (χ4n) is 5.08. The van der Waals surface area contributed by atoms with Gasteiger partial charge in [0.1, 0.15) is 0 Å². The monoisotopic (exact) mass is 505 g/mol. The molecule has 2 aliphatic rings. The first kappa shape index (κ1) is 26.4. The summed E-state index contributed by atoms with van der Waals surface area (Å²) in [6, 6.07) is 17.4. The average molecular weight is 506 g/mol. The first-order valence-electron chi connectivity index (χ1n) is 13.2. The zero-order chi connectivity index (χ0) is 26.0. The number of hydrazone groups is 1. The van der Waals surface area contributed by atoms with E-state index in [1.165, 1.54) is 5.01 Å². The summed E-state index contributed by atoms with van der Waals surface area (Å²) in [6.07, 6.45) is 6.71. The van der Waals surface area contributed by atoms with Crippen LogP contribution in [0.1, 0.15) is 74.0 Å². The van der Waals surface area contributed by atoms with Crippen LogP contribution in [0.3, 0.4) is 0 Å². The molecular formula is C29H35N3O5. The number of hydrogen-bond donors (Lipinski definition) is 2. The highest BCUT2D eigenvalue weighted by Crippen LogP contribution is 2.37. The van der Waals surface area contributed by atoms with Crippen molar-refractivity contribution in [1.29, 1.82) is 0 Å². The summed E-state index contributed by atoms with van der Waals surface area (Å²) in [7, 11) is 0. The molecule has 0 bridgehead atoms. The topological polar surface area (TPSA) is 108 Å². The van der Waals surface area contributed by atoms with Crippen LogP contribution in [0.5, 0.6) is 0 Å². The summed E-state index contributed by atoms with van der Waals surface area (Å²) in [5.41, 5.74) is 2.74. The predicted molar refractivity (Wildman–Crippen MR) is 140 cm³/mol. The van der Waals surface area contributed by atoms with E-state index in [1.54, 1.807) is 0 Å². The predicted octanol–water partition coefficient (Wildman–Crippen LogP) is 4.44. The molecule has 37 heavy (non-hydrogen) atoms. The lowest BCUT2D eigenvalue weighted by molar-refractivity contribution is -0.137. The van der Waals surface area contributed by atoms with Crippen molar-refractivity contribution in [2.24, 2.45) is 11.0 Å². The summed E-state index contributed by atoms with van der Waals surface area (Å²) in [5.74, 6) is -0.401. The van der Waals surface area contributed by atoms with E-state index in [-0.39, 0.29) is 30.8 Å². The minimum Gasteiger partial charge on any atom is -0.481 e. The number of nitrogens with one attached hydrogen (secondary N) is 1. The van der Waals surface area contributed by atoms with Gasteiger partial charge < -0.3 is 15.2 Å². The quantitative estimate of drug-likeness (QED) is 0.415. The summed E-state index contributed by atoms with van der Waals surface area (Å²) in [6.45, 7) is 0.835. The molecule has 0 saturated heterocycles. The Morgan fingerprint density at radius 2 is 1.76 bits per heavy atom. The van der Waals surface area contributed by atoms with Crippen molar-refractivity contribution < 1.29 is 24.2 Å². The molecule has 196 valence electrons. The van der Waals surface area contributed by atoms with Gasteiger partial charge in [0.15, 0.2) is 6.61 Å². The second-order valence-corrected chi connectivity index (χ2v) is 9.77. The highest BCUT2D eigenvalue weighted by Gasteiger charge is 2.32.